The maximum atomic E-state index is 12.7. The molecule has 0 bridgehead atoms. The number of rotatable bonds is 8. The molecule has 4 rings (SSSR count). The average Bonchev–Trinajstić information content (AvgIpc) is 3.43. The molecule has 0 radical (unpaired) electrons. The van der Waals surface area contributed by atoms with Crippen molar-refractivity contribution in [2.75, 3.05) is 5.32 Å². The van der Waals surface area contributed by atoms with E-state index in [4.69, 9.17) is 5.10 Å². The predicted molar refractivity (Wildman–Crippen MR) is 121 cm³/mol. The minimum absolute atomic E-state index is 0.0588. The van der Waals surface area contributed by atoms with Gasteiger partial charge in [0.25, 0.3) is 0 Å². The first-order chi connectivity index (χ1) is 14.7. The van der Waals surface area contributed by atoms with Crippen LogP contribution in [-0.4, -0.2) is 25.7 Å². The Bertz CT molecular complexity index is 1130. The molecular formula is C23H25N5OS. The van der Waals surface area contributed by atoms with Crippen molar-refractivity contribution in [1.82, 2.24) is 19.8 Å². The Hall–Kier alpha value is -3.06. The highest BCUT2D eigenvalue weighted by molar-refractivity contribution is 7.13. The van der Waals surface area contributed by atoms with Gasteiger partial charge in [-0.15, -0.1) is 21.5 Å². The van der Waals surface area contributed by atoms with Crippen molar-refractivity contribution in [3.8, 4) is 22.0 Å². The summed E-state index contributed by atoms with van der Waals surface area (Å²) in [6, 6.07) is 15.7. The fourth-order valence-electron chi connectivity index (χ4n) is 3.61. The SMILES string of the molecule is CCCC(CCC)C(=O)Nc1cccc(-c2ccc3nnc(-c4cccs4)n3n2)c1. The van der Waals surface area contributed by atoms with Gasteiger partial charge in [-0.1, -0.05) is 44.9 Å². The first-order valence-corrected chi connectivity index (χ1v) is 11.2. The highest BCUT2D eigenvalue weighted by Crippen LogP contribution is 2.26. The molecule has 30 heavy (non-hydrogen) atoms. The van der Waals surface area contributed by atoms with Crippen molar-refractivity contribution in [2.24, 2.45) is 5.92 Å². The molecule has 0 fully saturated rings. The van der Waals surface area contributed by atoms with Crippen molar-refractivity contribution < 1.29 is 4.79 Å². The van der Waals surface area contributed by atoms with Crippen LogP contribution in [0.5, 0.6) is 0 Å². The van der Waals surface area contributed by atoms with Crippen LogP contribution in [0, 0.1) is 5.92 Å². The van der Waals surface area contributed by atoms with Gasteiger partial charge in [0.05, 0.1) is 10.6 Å². The highest BCUT2D eigenvalue weighted by Gasteiger charge is 2.17. The lowest BCUT2D eigenvalue weighted by Gasteiger charge is -2.15. The number of benzene rings is 1. The number of fused-ring (bicyclic) bond motifs is 1. The van der Waals surface area contributed by atoms with Crippen molar-refractivity contribution >= 4 is 28.6 Å². The zero-order valence-electron chi connectivity index (χ0n) is 17.2. The molecule has 0 aliphatic rings. The Balaban J connectivity index is 1.61. The normalized spacial score (nSPS) is 11.3. The molecule has 7 heteroatoms. The number of nitrogens with zero attached hydrogens (tertiary/aromatic N) is 4. The van der Waals surface area contributed by atoms with Crippen molar-refractivity contribution in [2.45, 2.75) is 39.5 Å². The summed E-state index contributed by atoms with van der Waals surface area (Å²) in [4.78, 5) is 13.7. The van der Waals surface area contributed by atoms with E-state index in [2.05, 4.69) is 29.4 Å². The number of hydrogen-bond donors (Lipinski definition) is 1. The van der Waals surface area contributed by atoms with Crippen LogP contribution in [0.4, 0.5) is 5.69 Å². The molecule has 154 valence electrons. The molecule has 4 aromatic rings. The number of carbonyl (C=O) groups excluding carboxylic acids is 1. The fourth-order valence-corrected chi connectivity index (χ4v) is 4.30. The smallest absolute Gasteiger partial charge is 0.227 e. The number of hydrogen-bond acceptors (Lipinski definition) is 5. The molecule has 3 aromatic heterocycles. The second-order valence-corrected chi connectivity index (χ2v) is 8.28. The second-order valence-electron chi connectivity index (χ2n) is 7.33. The third-order valence-electron chi connectivity index (χ3n) is 5.08. The van der Waals surface area contributed by atoms with Crippen LogP contribution in [0.3, 0.4) is 0 Å². The van der Waals surface area contributed by atoms with Gasteiger partial charge in [0, 0.05) is 17.2 Å². The molecule has 0 aliphatic heterocycles. The lowest BCUT2D eigenvalue weighted by molar-refractivity contribution is -0.120. The van der Waals surface area contributed by atoms with Crippen LogP contribution >= 0.6 is 11.3 Å². The summed E-state index contributed by atoms with van der Waals surface area (Å²) in [5, 5.41) is 18.4. The second kappa shape index (κ2) is 9.17. The Morgan fingerprint density at radius 1 is 1.07 bits per heavy atom. The molecule has 1 aromatic carbocycles. The fraction of sp³-hybridized carbons (Fsp3) is 0.304. The molecule has 6 nitrogen and oxygen atoms in total. The molecule has 0 aliphatic carbocycles. The number of nitrogens with one attached hydrogen (secondary N) is 1. The summed E-state index contributed by atoms with van der Waals surface area (Å²) in [7, 11) is 0. The number of carbonyl (C=O) groups is 1. The summed E-state index contributed by atoms with van der Waals surface area (Å²) in [6.45, 7) is 4.24. The summed E-state index contributed by atoms with van der Waals surface area (Å²) in [5.74, 6) is 0.884. The van der Waals surface area contributed by atoms with E-state index < -0.39 is 0 Å². The number of anilines is 1. The van der Waals surface area contributed by atoms with E-state index in [0.29, 0.717) is 5.65 Å². The van der Waals surface area contributed by atoms with Gasteiger partial charge in [0.1, 0.15) is 0 Å². The maximum Gasteiger partial charge on any atom is 0.227 e. The van der Waals surface area contributed by atoms with Crippen LogP contribution in [0.1, 0.15) is 39.5 Å². The third kappa shape index (κ3) is 4.26. The van der Waals surface area contributed by atoms with Gasteiger partial charge in [-0.05, 0) is 48.6 Å². The highest BCUT2D eigenvalue weighted by atomic mass is 32.1. The molecule has 1 N–H and O–H groups in total. The average molecular weight is 420 g/mol. The topological polar surface area (TPSA) is 72.2 Å². The van der Waals surface area contributed by atoms with E-state index in [1.165, 1.54) is 0 Å². The molecule has 1 amide bonds. The zero-order valence-corrected chi connectivity index (χ0v) is 18.0. The third-order valence-corrected chi connectivity index (χ3v) is 5.94. The van der Waals surface area contributed by atoms with E-state index in [0.717, 1.165) is 53.3 Å². The van der Waals surface area contributed by atoms with E-state index >= 15 is 0 Å². The van der Waals surface area contributed by atoms with Gasteiger partial charge in [-0.3, -0.25) is 4.79 Å². The lowest BCUT2D eigenvalue weighted by atomic mass is 9.97. The summed E-state index contributed by atoms with van der Waals surface area (Å²) in [5.41, 5.74) is 3.23. The lowest BCUT2D eigenvalue weighted by Crippen LogP contribution is -2.22. The van der Waals surface area contributed by atoms with Gasteiger partial charge in [0.15, 0.2) is 11.5 Å². The first-order valence-electron chi connectivity index (χ1n) is 10.4. The number of thiophene rings is 1. The summed E-state index contributed by atoms with van der Waals surface area (Å²) in [6.07, 6.45) is 3.84. The molecule has 0 unspecified atom stereocenters. The van der Waals surface area contributed by atoms with Crippen LogP contribution < -0.4 is 5.32 Å². The van der Waals surface area contributed by atoms with Crippen LogP contribution in [0.25, 0.3) is 27.6 Å². The minimum atomic E-state index is 0.0588. The van der Waals surface area contributed by atoms with E-state index in [1.807, 2.05) is 53.9 Å². The van der Waals surface area contributed by atoms with Gasteiger partial charge < -0.3 is 5.32 Å². The Morgan fingerprint density at radius 3 is 2.63 bits per heavy atom. The van der Waals surface area contributed by atoms with E-state index in [-0.39, 0.29) is 11.8 Å². The molecule has 0 spiro atoms. The van der Waals surface area contributed by atoms with Crippen LogP contribution in [0.15, 0.2) is 53.9 Å². The largest absolute Gasteiger partial charge is 0.326 e. The Kier molecular flexibility index (Phi) is 6.18. The monoisotopic (exact) mass is 419 g/mol. The van der Waals surface area contributed by atoms with Crippen molar-refractivity contribution in [3.05, 3.63) is 53.9 Å². The van der Waals surface area contributed by atoms with E-state index in [9.17, 15) is 4.79 Å². The number of aromatic nitrogens is 4. The molecule has 0 saturated carbocycles. The van der Waals surface area contributed by atoms with Gasteiger partial charge in [-0.25, -0.2) is 0 Å². The standard InChI is InChI=1S/C23H25N5OS/c1-3-7-16(8-4-2)23(29)24-18-10-5-9-17(15-18)19-12-13-21-25-26-22(28(21)27-19)20-11-6-14-30-20/h5-6,9-16H,3-4,7-8H2,1-2H3,(H,24,29). The van der Waals surface area contributed by atoms with Crippen molar-refractivity contribution in [1.29, 1.82) is 0 Å². The first kappa shape index (κ1) is 20.2. The molecule has 3 heterocycles. The molecule has 0 saturated heterocycles. The van der Waals surface area contributed by atoms with E-state index in [1.54, 1.807) is 15.9 Å². The Morgan fingerprint density at radius 2 is 1.90 bits per heavy atom. The maximum absolute atomic E-state index is 12.7. The quantitative estimate of drug-likeness (QED) is 0.399. The summed E-state index contributed by atoms with van der Waals surface area (Å²) < 4.78 is 1.77. The van der Waals surface area contributed by atoms with Gasteiger partial charge in [0.2, 0.25) is 5.91 Å². The predicted octanol–water partition coefficient (Wildman–Crippen LogP) is 5.67. The minimum Gasteiger partial charge on any atom is -0.326 e. The number of amides is 1. The van der Waals surface area contributed by atoms with Gasteiger partial charge in [-0.2, -0.15) is 9.61 Å². The zero-order chi connectivity index (χ0) is 20.9. The Labute approximate surface area is 180 Å². The van der Waals surface area contributed by atoms with Crippen LogP contribution in [-0.2, 0) is 4.79 Å². The van der Waals surface area contributed by atoms with Crippen molar-refractivity contribution in [3.63, 3.8) is 0 Å². The summed E-state index contributed by atoms with van der Waals surface area (Å²) >= 11 is 1.61. The van der Waals surface area contributed by atoms with Crippen LogP contribution in [0.2, 0.25) is 0 Å². The molecule has 0 atom stereocenters. The van der Waals surface area contributed by atoms with Gasteiger partial charge >= 0.3 is 0 Å². The molecular weight excluding hydrogens is 394 g/mol.